The van der Waals surface area contributed by atoms with Crippen molar-refractivity contribution in [2.75, 3.05) is 12.3 Å². The van der Waals surface area contributed by atoms with Gasteiger partial charge in [0.2, 0.25) is 5.95 Å². The van der Waals surface area contributed by atoms with Crippen molar-refractivity contribution in [3.63, 3.8) is 0 Å². The number of H-pyrrole nitrogens is 1. The van der Waals surface area contributed by atoms with Crippen LogP contribution in [0.4, 0.5) is 5.95 Å². The Balaban J connectivity index is 2.05. The maximum absolute atomic E-state index is 11.6. The molecule has 2 heterocycles. The van der Waals surface area contributed by atoms with Gasteiger partial charge in [0.15, 0.2) is 11.2 Å². The molecule has 19 heavy (non-hydrogen) atoms. The highest BCUT2D eigenvalue weighted by Crippen LogP contribution is 2.35. The van der Waals surface area contributed by atoms with Crippen molar-refractivity contribution in [1.29, 1.82) is 0 Å². The van der Waals surface area contributed by atoms with Gasteiger partial charge < -0.3 is 15.9 Å². The largest absolute Gasteiger partial charge is 0.396 e. The molecule has 0 aromatic carbocycles. The minimum absolute atomic E-state index is 0.00157. The number of fused-ring (bicyclic) bond motifs is 1. The molecule has 3 unspecified atom stereocenters. The van der Waals surface area contributed by atoms with Gasteiger partial charge in [-0.15, -0.1) is 5.10 Å². The van der Waals surface area contributed by atoms with E-state index < -0.39 is 11.7 Å². The maximum atomic E-state index is 11.6. The molecule has 0 bridgehead atoms. The molecule has 1 saturated carbocycles. The highest BCUT2D eigenvalue weighted by atomic mass is 16.3. The molecule has 0 saturated heterocycles. The number of aliphatic hydroxyl groups is 2. The second-order valence-corrected chi connectivity index (χ2v) is 4.79. The molecule has 2 aromatic heterocycles. The molecule has 3 atom stereocenters. The fraction of sp³-hybridized carbons (Fsp3) is 0.600. The summed E-state index contributed by atoms with van der Waals surface area (Å²) < 4.78 is 1.50. The molecule has 1 fully saturated rings. The number of aromatic amines is 1. The van der Waals surface area contributed by atoms with Crippen LogP contribution in [-0.2, 0) is 0 Å². The number of hydrogen-bond acceptors (Lipinski definition) is 7. The second-order valence-electron chi connectivity index (χ2n) is 4.79. The van der Waals surface area contributed by atoms with Crippen molar-refractivity contribution in [3.8, 4) is 0 Å². The molecule has 1 aliphatic carbocycles. The Hall–Kier alpha value is -2.00. The number of nitrogen functional groups attached to an aromatic ring is 1. The molecule has 0 spiro atoms. The third-order valence-corrected chi connectivity index (χ3v) is 3.57. The molecule has 102 valence electrons. The molecule has 9 heteroatoms. The van der Waals surface area contributed by atoms with E-state index in [2.05, 4.69) is 20.3 Å². The first-order valence-electron chi connectivity index (χ1n) is 5.99. The van der Waals surface area contributed by atoms with Crippen molar-refractivity contribution in [3.05, 3.63) is 10.4 Å². The van der Waals surface area contributed by atoms with Crippen LogP contribution in [0.2, 0.25) is 0 Å². The molecule has 0 aliphatic heterocycles. The van der Waals surface area contributed by atoms with Crippen molar-refractivity contribution < 1.29 is 10.2 Å². The van der Waals surface area contributed by atoms with Gasteiger partial charge in [-0.3, -0.25) is 9.78 Å². The van der Waals surface area contributed by atoms with Gasteiger partial charge in [-0.2, -0.15) is 4.98 Å². The standard InChI is InChI=1S/C10H14N6O3/c11-10-12-8-7(9(19)13-10)14-15-16(8)5-1-4(3-17)6(18)2-5/h4-6,17-18H,1-3H2,(H3,11,12,13,19). The SMILES string of the molecule is Nc1nc2c(nnn2C2CC(O)C(CO)C2)c(=O)[nH]1. The number of nitrogens with one attached hydrogen (secondary N) is 1. The fourth-order valence-corrected chi connectivity index (χ4v) is 2.57. The zero-order chi connectivity index (χ0) is 13.6. The summed E-state index contributed by atoms with van der Waals surface area (Å²) in [5.41, 5.74) is 5.49. The number of hydrogen-bond donors (Lipinski definition) is 4. The monoisotopic (exact) mass is 266 g/mol. The van der Waals surface area contributed by atoms with Crippen LogP contribution in [0.25, 0.3) is 11.2 Å². The lowest BCUT2D eigenvalue weighted by Gasteiger charge is -2.09. The van der Waals surface area contributed by atoms with E-state index in [0.29, 0.717) is 18.5 Å². The summed E-state index contributed by atoms with van der Waals surface area (Å²) in [6.07, 6.45) is 0.413. The van der Waals surface area contributed by atoms with E-state index in [9.17, 15) is 9.90 Å². The summed E-state index contributed by atoms with van der Waals surface area (Å²) in [4.78, 5) is 18.0. The van der Waals surface area contributed by atoms with Gasteiger partial charge in [0.25, 0.3) is 5.56 Å². The van der Waals surface area contributed by atoms with E-state index in [-0.39, 0.29) is 30.0 Å². The molecule has 0 radical (unpaired) electrons. The molecular weight excluding hydrogens is 252 g/mol. The predicted molar refractivity (Wildman–Crippen MR) is 65.2 cm³/mol. The zero-order valence-electron chi connectivity index (χ0n) is 10.0. The Morgan fingerprint density at radius 1 is 1.47 bits per heavy atom. The van der Waals surface area contributed by atoms with Crippen LogP contribution < -0.4 is 11.3 Å². The Morgan fingerprint density at radius 2 is 2.26 bits per heavy atom. The first-order valence-corrected chi connectivity index (χ1v) is 5.99. The average Bonchev–Trinajstić information content (AvgIpc) is 2.92. The zero-order valence-corrected chi connectivity index (χ0v) is 10.0. The van der Waals surface area contributed by atoms with E-state index in [1.165, 1.54) is 4.68 Å². The Kier molecular flexibility index (Phi) is 2.72. The topological polar surface area (TPSA) is 143 Å². The average molecular weight is 266 g/mol. The van der Waals surface area contributed by atoms with Crippen LogP contribution >= 0.6 is 0 Å². The van der Waals surface area contributed by atoms with Crippen molar-refractivity contribution in [2.45, 2.75) is 25.0 Å². The van der Waals surface area contributed by atoms with Gasteiger partial charge in [0, 0.05) is 12.5 Å². The van der Waals surface area contributed by atoms with Crippen LogP contribution in [0.5, 0.6) is 0 Å². The highest BCUT2D eigenvalue weighted by molar-refractivity contribution is 5.69. The minimum atomic E-state index is -0.589. The lowest BCUT2D eigenvalue weighted by molar-refractivity contribution is 0.0906. The fourth-order valence-electron chi connectivity index (χ4n) is 2.57. The van der Waals surface area contributed by atoms with E-state index >= 15 is 0 Å². The number of nitrogens with zero attached hydrogens (tertiary/aromatic N) is 4. The molecular formula is C10H14N6O3. The van der Waals surface area contributed by atoms with Crippen molar-refractivity contribution in [1.82, 2.24) is 25.0 Å². The van der Waals surface area contributed by atoms with Crippen LogP contribution in [0, 0.1) is 5.92 Å². The Morgan fingerprint density at radius 3 is 2.95 bits per heavy atom. The summed E-state index contributed by atoms with van der Waals surface area (Å²) in [5.74, 6) is -0.193. The van der Waals surface area contributed by atoms with E-state index in [1.807, 2.05) is 0 Å². The normalized spacial score (nSPS) is 27.2. The number of rotatable bonds is 2. The van der Waals surface area contributed by atoms with Crippen LogP contribution in [0.1, 0.15) is 18.9 Å². The van der Waals surface area contributed by atoms with Crippen LogP contribution in [0.15, 0.2) is 4.79 Å². The number of nitrogens with two attached hydrogens (primary N) is 1. The smallest absolute Gasteiger partial charge is 0.282 e. The summed E-state index contributed by atoms with van der Waals surface area (Å²) in [6, 6.07) is -0.147. The molecule has 2 aromatic rings. The lowest BCUT2D eigenvalue weighted by atomic mass is 10.1. The van der Waals surface area contributed by atoms with Gasteiger partial charge in [-0.05, 0) is 12.8 Å². The number of aromatic nitrogens is 5. The van der Waals surface area contributed by atoms with E-state index in [0.717, 1.165) is 0 Å². The van der Waals surface area contributed by atoms with Crippen molar-refractivity contribution >= 4 is 17.1 Å². The summed E-state index contributed by atoms with van der Waals surface area (Å²) in [5, 5.41) is 26.7. The van der Waals surface area contributed by atoms with Gasteiger partial charge in [-0.1, -0.05) is 5.21 Å². The minimum Gasteiger partial charge on any atom is -0.396 e. The summed E-state index contributed by atoms with van der Waals surface area (Å²) >= 11 is 0. The molecule has 5 N–H and O–H groups in total. The van der Waals surface area contributed by atoms with Gasteiger partial charge in [-0.25, -0.2) is 4.68 Å². The first kappa shape index (κ1) is 12.1. The molecule has 3 rings (SSSR count). The quantitative estimate of drug-likeness (QED) is 0.512. The Bertz CT molecular complexity index is 665. The number of aliphatic hydroxyl groups excluding tert-OH is 2. The van der Waals surface area contributed by atoms with Crippen LogP contribution in [-0.4, -0.2) is 47.9 Å². The third kappa shape index (κ3) is 1.87. The van der Waals surface area contributed by atoms with Gasteiger partial charge >= 0.3 is 0 Å². The van der Waals surface area contributed by atoms with Gasteiger partial charge in [0.05, 0.1) is 12.1 Å². The molecule has 0 amide bonds. The molecule has 1 aliphatic rings. The van der Waals surface area contributed by atoms with Crippen molar-refractivity contribution in [2.24, 2.45) is 5.92 Å². The van der Waals surface area contributed by atoms with Gasteiger partial charge in [0.1, 0.15) is 0 Å². The Labute approximate surface area is 107 Å². The second kappa shape index (κ2) is 4.28. The van der Waals surface area contributed by atoms with E-state index in [4.69, 9.17) is 10.8 Å². The summed E-state index contributed by atoms with van der Waals surface area (Å²) in [7, 11) is 0. The highest BCUT2D eigenvalue weighted by Gasteiger charge is 2.35. The van der Waals surface area contributed by atoms with Crippen LogP contribution in [0.3, 0.4) is 0 Å². The van der Waals surface area contributed by atoms with E-state index in [1.54, 1.807) is 0 Å². The predicted octanol–water partition coefficient (Wildman–Crippen LogP) is -1.60. The third-order valence-electron chi connectivity index (χ3n) is 3.57. The first-order chi connectivity index (χ1) is 9.10. The number of anilines is 1. The summed E-state index contributed by atoms with van der Waals surface area (Å²) in [6.45, 7) is -0.0829. The maximum Gasteiger partial charge on any atom is 0.282 e. The molecule has 9 nitrogen and oxygen atoms in total. The lowest BCUT2D eigenvalue weighted by Crippen LogP contribution is -2.16.